The molecule has 1 N–H and O–H groups in total. The summed E-state index contributed by atoms with van der Waals surface area (Å²) in [6, 6.07) is 17.9. The third-order valence-corrected chi connectivity index (χ3v) is 5.41. The number of aromatic hydroxyl groups is 1. The second kappa shape index (κ2) is 9.11. The average molecular weight is 431 g/mol. The Morgan fingerprint density at radius 3 is 2.59 bits per heavy atom. The molecule has 164 valence electrons. The molecule has 4 rings (SSSR count). The molecule has 2 heterocycles. The Morgan fingerprint density at radius 1 is 1.12 bits per heavy atom. The lowest BCUT2D eigenvalue weighted by Gasteiger charge is -2.20. The Balaban J connectivity index is 1.82. The Bertz CT molecular complexity index is 1310. The van der Waals surface area contributed by atoms with E-state index >= 15 is 0 Å². The van der Waals surface area contributed by atoms with Crippen molar-refractivity contribution in [2.45, 2.75) is 6.04 Å². The smallest absolute Gasteiger partial charge is 0.265 e. The molecule has 0 fully saturated rings. The predicted molar refractivity (Wildman–Crippen MR) is 125 cm³/mol. The number of likely N-dealkylation sites (N-methyl/N-ethyl adjacent to an activating group) is 1. The summed E-state index contributed by atoms with van der Waals surface area (Å²) in [6.07, 6.45) is 3.26. The largest absolute Gasteiger partial charge is 0.497 e. The van der Waals surface area contributed by atoms with Crippen LogP contribution in [-0.2, 0) is 0 Å². The zero-order chi connectivity index (χ0) is 22.7. The molecule has 0 saturated heterocycles. The van der Waals surface area contributed by atoms with E-state index in [0.29, 0.717) is 34.3 Å². The van der Waals surface area contributed by atoms with Crippen LogP contribution in [0.5, 0.6) is 11.6 Å². The minimum Gasteiger partial charge on any atom is -0.497 e. The minimum absolute atomic E-state index is 0.0565. The van der Waals surface area contributed by atoms with Gasteiger partial charge in [0.2, 0.25) is 5.88 Å². The molecular weight excluding hydrogens is 406 g/mol. The molecule has 0 spiro atoms. The van der Waals surface area contributed by atoms with Crippen molar-refractivity contribution >= 4 is 17.0 Å². The number of pyridine rings is 1. The fourth-order valence-corrected chi connectivity index (χ4v) is 3.71. The van der Waals surface area contributed by atoms with Crippen molar-refractivity contribution < 1.29 is 14.3 Å². The molecule has 0 bridgehead atoms. The summed E-state index contributed by atoms with van der Waals surface area (Å²) in [5.74, 6) is 1.22. The molecule has 0 radical (unpaired) electrons. The van der Waals surface area contributed by atoms with Gasteiger partial charge in [0.15, 0.2) is 0 Å². The number of methoxy groups -OCH3 is 1. The van der Waals surface area contributed by atoms with Crippen LogP contribution in [0.15, 0.2) is 81.1 Å². The van der Waals surface area contributed by atoms with Crippen molar-refractivity contribution in [1.29, 1.82) is 0 Å². The maximum Gasteiger partial charge on any atom is 0.265 e. The van der Waals surface area contributed by atoms with Gasteiger partial charge in [-0.3, -0.25) is 14.7 Å². The first kappa shape index (κ1) is 21.4. The van der Waals surface area contributed by atoms with E-state index in [1.807, 2.05) is 43.3 Å². The van der Waals surface area contributed by atoms with Gasteiger partial charge < -0.3 is 14.3 Å². The Kier molecular flexibility index (Phi) is 6.09. The number of fused-ring (bicyclic) bond motifs is 1. The molecular formula is C25H25N3O4. The summed E-state index contributed by atoms with van der Waals surface area (Å²) >= 11 is 0. The molecule has 1 atom stereocenters. The van der Waals surface area contributed by atoms with Gasteiger partial charge in [0.25, 0.3) is 5.56 Å². The van der Waals surface area contributed by atoms with Gasteiger partial charge in [-0.05, 0) is 44.4 Å². The summed E-state index contributed by atoms with van der Waals surface area (Å²) in [5, 5.41) is 12.3. The normalized spacial score (nSPS) is 12.6. The van der Waals surface area contributed by atoms with Crippen molar-refractivity contribution in [1.82, 2.24) is 9.47 Å². The predicted octanol–water partition coefficient (Wildman–Crippen LogP) is 4.02. The number of furan rings is 1. The molecule has 0 amide bonds. The van der Waals surface area contributed by atoms with Gasteiger partial charge >= 0.3 is 0 Å². The van der Waals surface area contributed by atoms with Crippen LogP contribution in [-0.4, -0.2) is 48.5 Å². The molecule has 0 aliphatic carbocycles. The Labute approximate surface area is 185 Å². The van der Waals surface area contributed by atoms with E-state index in [1.54, 1.807) is 56.0 Å². The van der Waals surface area contributed by atoms with E-state index in [2.05, 4.69) is 4.99 Å². The number of nitrogens with zero attached hydrogens (tertiary/aromatic N) is 3. The van der Waals surface area contributed by atoms with E-state index in [9.17, 15) is 9.90 Å². The van der Waals surface area contributed by atoms with E-state index in [1.165, 1.54) is 4.57 Å². The van der Waals surface area contributed by atoms with Gasteiger partial charge in [-0.2, -0.15) is 0 Å². The zero-order valence-corrected chi connectivity index (χ0v) is 18.2. The highest BCUT2D eigenvalue weighted by Crippen LogP contribution is 2.27. The third-order valence-electron chi connectivity index (χ3n) is 5.41. The van der Waals surface area contributed by atoms with Crippen LogP contribution in [0, 0.1) is 0 Å². The van der Waals surface area contributed by atoms with Crippen LogP contribution >= 0.6 is 0 Å². The summed E-state index contributed by atoms with van der Waals surface area (Å²) < 4.78 is 12.1. The molecule has 7 heteroatoms. The van der Waals surface area contributed by atoms with Crippen LogP contribution in [0.3, 0.4) is 0 Å². The van der Waals surface area contributed by atoms with Gasteiger partial charge in [-0.15, -0.1) is 0 Å². The minimum atomic E-state index is -0.315. The molecule has 2 aromatic heterocycles. The lowest BCUT2D eigenvalue weighted by molar-refractivity contribution is 0.265. The lowest BCUT2D eigenvalue weighted by atomic mass is 10.1. The summed E-state index contributed by atoms with van der Waals surface area (Å²) in [6.45, 7) is 0.423. The fraction of sp³-hybridized carbons (Fsp3) is 0.200. The number of ether oxygens (including phenoxy) is 1. The third kappa shape index (κ3) is 4.02. The molecule has 32 heavy (non-hydrogen) atoms. The fourth-order valence-electron chi connectivity index (χ4n) is 3.71. The summed E-state index contributed by atoms with van der Waals surface area (Å²) in [5.41, 5.74) is 0.666. The van der Waals surface area contributed by atoms with Crippen LogP contribution in [0.25, 0.3) is 16.5 Å². The Morgan fingerprint density at radius 2 is 1.91 bits per heavy atom. The highest BCUT2D eigenvalue weighted by atomic mass is 16.5. The van der Waals surface area contributed by atoms with Crippen LogP contribution in [0.1, 0.15) is 17.4 Å². The second-order valence-corrected chi connectivity index (χ2v) is 7.61. The number of aliphatic imine (C=N–C) groups is 1. The van der Waals surface area contributed by atoms with Crippen LogP contribution in [0.2, 0.25) is 0 Å². The summed E-state index contributed by atoms with van der Waals surface area (Å²) in [4.78, 5) is 19.8. The Hall–Kier alpha value is -3.84. The maximum absolute atomic E-state index is 13.2. The number of benzene rings is 2. The first-order chi connectivity index (χ1) is 15.5. The van der Waals surface area contributed by atoms with Crippen molar-refractivity contribution in [2.24, 2.45) is 4.99 Å². The summed E-state index contributed by atoms with van der Waals surface area (Å²) in [7, 11) is 5.47. The highest BCUT2D eigenvalue weighted by Gasteiger charge is 2.18. The van der Waals surface area contributed by atoms with Crippen molar-refractivity contribution in [3.05, 3.63) is 88.6 Å². The topological polar surface area (TPSA) is 80.2 Å². The lowest BCUT2D eigenvalue weighted by Crippen LogP contribution is -2.22. The molecule has 0 saturated carbocycles. The van der Waals surface area contributed by atoms with Gasteiger partial charge in [0.05, 0.1) is 37.2 Å². The van der Waals surface area contributed by atoms with Crippen molar-refractivity contribution in [2.75, 3.05) is 27.7 Å². The van der Waals surface area contributed by atoms with E-state index in [4.69, 9.17) is 9.15 Å². The first-order valence-corrected chi connectivity index (χ1v) is 10.2. The van der Waals surface area contributed by atoms with Gasteiger partial charge in [-0.25, -0.2) is 4.57 Å². The van der Waals surface area contributed by atoms with E-state index in [-0.39, 0.29) is 17.5 Å². The van der Waals surface area contributed by atoms with Gasteiger partial charge in [0.1, 0.15) is 11.5 Å². The van der Waals surface area contributed by atoms with Crippen LogP contribution < -0.4 is 10.3 Å². The molecule has 2 aromatic carbocycles. The van der Waals surface area contributed by atoms with Gasteiger partial charge in [-0.1, -0.05) is 24.3 Å². The maximum atomic E-state index is 13.2. The highest BCUT2D eigenvalue weighted by molar-refractivity contribution is 6.01. The molecule has 7 nitrogen and oxygen atoms in total. The monoisotopic (exact) mass is 431 g/mol. The molecule has 0 aliphatic heterocycles. The number of aromatic nitrogens is 1. The van der Waals surface area contributed by atoms with Gasteiger partial charge in [0, 0.05) is 23.1 Å². The number of hydrogen-bond donors (Lipinski definition) is 1. The average Bonchev–Trinajstić information content (AvgIpc) is 3.33. The van der Waals surface area contributed by atoms with Crippen molar-refractivity contribution in [3.63, 3.8) is 0 Å². The second-order valence-electron chi connectivity index (χ2n) is 7.61. The van der Waals surface area contributed by atoms with E-state index < -0.39 is 0 Å². The van der Waals surface area contributed by atoms with E-state index in [0.717, 1.165) is 5.76 Å². The number of hydrogen-bond acceptors (Lipinski definition) is 6. The quantitative estimate of drug-likeness (QED) is 0.447. The first-order valence-electron chi connectivity index (χ1n) is 10.2. The SMILES string of the molecule is COc1cccc(-n2c(O)c(C=NC[C@@H](c3ccco3)N(C)C)c3ccccc3c2=O)c1. The van der Waals surface area contributed by atoms with Crippen molar-refractivity contribution in [3.8, 4) is 17.3 Å². The number of rotatable bonds is 7. The van der Waals surface area contributed by atoms with Crippen LogP contribution in [0.4, 0.5) is 0 Å². The zero-order valence-electron chi connectivity index (χ0n) is 18.2. The standard InChI is InChI=1S/C25H25N3O4/c1-27(2)22(23-12-7-13-32-23)16-26-15-21-19-10-4-5-11-20(19)24(29)28(25(21)30)17-8-6-9-18(14-17)31-3/h4-15,22,30H,16H2,1-3H3/t22-/m0/s1. The molecule has 0 aliphatic rings. The molecule has 4 aromatic rings. The molecule has 0 unspecified atom stereocenters.